The van der Waals surface area contributed by atoms with Gasteiger partial charge in [-0.05, 0) is 30.4 Å². The summed E-state index contributed by atoms with van der Waals surface area (Å²) < 4.78 is 24.1. The van der Waals surface area contributed by atoms with Crippen molar-refractivity contribution in [2.24, 2.45) is 0 Å². The Morgan fingerprint density at radius 3 is 1.76 bits per heavy atom. The average Bonchev–Trinajstić information content (AvgIpc) is 2.58. The van der Waals surface area contributed by atoms with Gasteiger partial charge in [0.05, 0.1) is 11.4 Å². The Labute approximate surface area is 157 Å². The largest absolute Gasteiger partial charge is 0.750 e. The third-order valence-electron chi connectivity index (χ3n) is 4.22. The van der Waals surface area contributed by atoms with E-state index in [1.54, 1.807) is 0 Å². The second-order valence-electron chi connectivity index (χ2n) is 6.46. The van der Waals surface area contributed by atoms with Gasteiger partial charge in [0.2, 0.25) is 0 Å². The minimum Gasteiger partial charge on any atom is -0.750 e. The Bertz CT molecular complexity index is 439. The van der Waals surface area contributed by atoms with Crippen molar-refractivity contribution < 1.29 is 13.3 Å². The lowest BCUT2D eigenvalue weighted by molar-refractivity contribution is 0.436. The highest BCUT2D eigenvalue weighted by atomic mass is 32.2. The quantitative estimate of drug-likeness (QED) is 0.256. The van der Waals surface area contributed by atoms with Crippen LogP contribution in [-0.4, -0.2) is 13.3 Å². The van der Waals surface area contributed by atoms with E-state index in [0.717, 1.165) is 6.42 Å². The van der Waals surface area contributed by atoms with Crippen molar-refractivity contribution in [1.82, 2.24) is 0 Å². The third-order valence-corrected chi connectivity index (χ3v) is 4.22. The van der Waals surface area contributed by atoms with E-state index < -0.39 is 11.4 Å². The summed E-state index contributed by atoms with van der Waals surface area (Å²) in [4.78, 5) is 0. The predicted molar refractivity (Wildman–Crippen MR) is 107 cm³/mol. The summed E-state index contributed by atoms with van der Waals surface area (Å²) in [6, 6.07) is 9.06. The van der Waals surface area contributed by atoms with Gasteiger partial charge in [0, 0.05) is 0 Å². The molecule has 25 heavy (non-hydrogen) atoms. The lowest BCUT2D eigenvalue weighted by Crippen LogP contribution is -1.88. The monoisotopic (exact) mass is 367 g/mol. The molecule has 0 aromatic heterocycles. The molecule has 0 radical (unpaired) electrons. The summed E-state index contributed by atoms with van der Waals surface area (Å²) in [7, 11) is 0. The van der Waals surface area contributed by atoms with Crippen LogP contribution >= 0.6 is 0 Å². The molecule has 0 saturated carbocycles. The van der Waals surface area contributed by atoms with Gasteiger partial charge in [-0.2, -0.15) is 0 Å². The van der Waals surface area contributed by atoms with Crippen LogP contribution in [0.15, 0.2) is 36.9 Å². The number of allylic oxidation sites excluding steroid dienone is 1. The predicted octanol–water partition coefficient (Wildman–Crippen LogP) is 6.22. The van der Waals surface area contributed by atoms with Gasteiger partial charge in [0.25, 0.3) is 0 Å². The standard InChI is InChI=1S/C21H34.H2O3S/c1-3-5-6-7-8-9-10-11-12-13-15-21-18-16-20(14-4-2)17-19-21;1-4(2)3/h4,16-19H,2-3,5-15H2,1H3;(H2,1,2,3)/p-1. The van der Waals surface area contributed by atoms with Gasteiger partial charge in [-0.25, -0.2) is 4.21 Å². The molecule has 0 heterocycles. The van der Waals surface area contributed by atoms with E-state index >= 15 is 0 Å². The number of benzene rings is 1. The molecule has 0 aliphatic carbocycles. The Morgan fingerprint density at radius 2 is 1.32 bits per heavy atom. The first-order chi connectivity index (χ1) is 12.1. The van der Waals surface area contributed by atoms with Gasteiger partial charge < -0.3 is 9.11 Å². The molecule has 1 atom stereocenters. The number of rotatable bonds is 13. The number of unbranched alkanes of at least 4 members (excludes halogenated alkanes) is 9. The van der Waals surface area contributed by atoms with Gasteiger partial charge in [0.15, 0.2) is 0 Å². The smallest absolute Gasteiger partial charge is 0.0814 e. The molecule has 1 aromatic rings. The molecule has 4 heteroatoms. The van der Waals surface area contributed by atoms with E-state index in [4.69, 9.17) is 13.3 Å². The average molecular weight is 368 g/mol. The third kappa shape index (κ3) is 17.6. The number of aryl methyl sites for hydroxylation is 1. The maximum Gasteiger partial charge on any atom is 0.0814 e. The minimum atomic E-state index is -2.86. The van der Waals surface area contributed by atoms with Crippen LogP contribution in [0.3, 0.4) is 0 Å². The van der Waals surface area contributed by atoms with E-state index in [0.29, 0.717) is 0 Å². The summed E-state index contributed by atoms with van der Waals surface area (Å²) in [5.74, 6) is 0. The van der Waals surface area contributed by atoms with Crippen LogP contribution in [0.1, 0.15) is 82.3 Å². The zero-order chi connectivity index (χ0) is 18.8. The van der Waals surface area contributed by atoms with Crippen LogP contribution in [0.5, 0.6) is 0 Å². The lowest BCUT2D eigenvalue weighted by Gasteiger charge is -2.04. The van der Waals surface area contributed by atoms with Gasteiger partial charge in [0.1, 0.15) is 0 Å². The van der Waals surface area contributed by atoms with Crippen molar-refractivity contribution in [2.75, 3.05) is 0 Å². The first kappa shape index (κ1) is 24.0. The Balaban J connectivity index is 0.00000129. The van der Waals surface area contributed by atoms with Crippen LogP contribution in [0, 0.1) is 0 Å². The fraction of sp³-hybridized carbons (Fsp3) is 0.619. The molecule has 144 valence electrons. The molecule has 0 spiro atoms. The van der Waals surface area contributed by atoms with Gasteiger partial charge in [-0.3, -0.25) is 0 Å². The molecule has 1 N–H and O–H groups in total. The zero-order valence-electron chi connectivity index (χ0n) is 15.8. The molecule has 3 nitrogen and oxygen atoms in total. The fourth-order valence-corrected chi connectivity index (χ4v) is 2.83. The highest BCUT2D eigenvalue weighted by Crippen LogP contribution is 2.13. The molecule has 0 amide bonds. The maximum atomic E-state index is 8.56. The van der Waals surface area contributed by atoms with Crippen molar-refractivity contribution in [3.63, 3.8) is 0 Å². The molecule has 0 aliphatic heterocycles. The van der Waals surface area contributed by atoms with Crippen LogP contribution in [0.2, 0.25) is 0 Å². The Hall–Kier alpha value is -0.970. The van der Waals surface area contributed by atoms with Crippen molar-refractivity contribution in [3.8, 4) is 0 Å². The second-order valence-corrected chi connectivity index (χ2v) is 6.89. The normalized spacial score (nSPS) is 11.5. The summed E-state index contributed by atoms with van der Waals surface area (Å²) in [6.45, 7) is 6.07. The van der Waals surface area contributed by atoms with Crippen LogP contribution in [-0.2, 0) is 24.2 Å². The zero-order valence-corrected chi connectivity index (χ0v) is 16.6. The van der Waals surface area contributed by atoms with E-state index in [2.05, 4.69) is 37.8 Å². The molecule has 0 aliphatic rings. The van der Waals surface area contributed by atoms with Crippen molar-refractivity contribution in [2.45, 2.75) is 84.0 Å². The minimum absolute atomic E-state index is 0.985. The SMILES string of the molecule is C=CCc1ccc(CCCCCCCCCCCC)cc1.O=S([O-])O. The maximum absolute atomic E-state index is 8.56. The van der Waals surface area contributed by atoms with E-state index in [1.165, 1.54) is 81.8 Å². The molecule has 1 unspecified atom stereocenters. The van der Waals surface area contributed by atoms with Gasteiger partial charge in [-0.15, -0.1) is 6.58 Å². The Morgan fingerprint density at radius 1 is 0.920 bits per heavy atom. The molecular formula is C21H35O3S-. The molecule has 0 saturated heterocycles. The van der Waals surface area contributed by atoms with Crippen molar-refractivity contribution >= 4 is 11.4 Å². The summed E-state index contributed by atoms with van der Waals surface area (Å²) in [5, 5.41) is 0. The Kier molecular flexibility index (Phi) is 17.1. The van der Waals surface area contributed by atoms with E-state index in [-0.39, 0.29) is 0 Å². The number of hydrogen-bond donors (Lipinski definition) is 1. The van der Waals surface area contributed by atoms with Gasteiger partial charge in [-0.1, -0.05) is 95.1 Å². The van der Waals surface area contributed by atoms with Crippen LogP contribution in [0.25, 0.3) is 0 Å². The van der Waals surface area contributed by atoms with Crippen molar-refractivity contribution in [1.29, 1.82) is 0 Å². The molecule has 1 rings (SSSR count). The number of hydrogen-bond acceptors (Lipinski definition) is 2. The lowest BCUT2D eigenvalue weighted by atomic mass is 10.0. The van der Waals surface area contributed by atoms with E-state index in [9.17, 15) is 0 Å². The molecule has 0 bridgehead atoms. The van der Waals surface area contributed by atoms with Gasteiger partial charge >= 0.3 is 0 Å². The van der Waals surface area contributed by atoms with E-state index in [1.807, 2.05) is 6.08 Å². The first-order valence-electron chi connectivity index (χ1n) is 9.57. The topological polar surface area (TPSA) is 60.4 Å². The van der Waals surface area contributed by atoms with Crippen molar-refractivity contribution in [3.05, 3.63) is 48.0 Å². The molecule has 1 aromatic carbocycles. The molecular weight excluding hydrogens is 332 g/mol. The fourth-order valence-electron chi connectivity index (χ4n) is 2.83. The summed E-state index contributed by atoms with van der Waals surface area (Å²) in [5.41, 5.74) is 2.86. The first-order valence-corrected chi connectivity index (χ1v) is 10.6. The van der Waals surface area contributed by atoms with Crippen LogP contribution in [0.4, 0.5) is 0 Å². The highest BCUT2D eigenvalue weighted by molar-refractivity contribution is 7.73. The summed E-state index contributed by atoms with van der Waals surface area (Å²) in [6.07, 6.45) is 18.3. The summed E-state index contributed by atoms with van der Waals surface area (Å²) >= 11 is -2.86. The second kappa shape index (κ2) is 17.8. The van der Waals surface area contributed by atoms with Crippen LogP contribution < -0.4 is 0 Å². The molecule has 0 fully saturated rings. The highest BCUT2D eigenvalue weighted by Gasteiger charge is 1.96.